The van der Waals surface area contributed by atoms with Gasteiger partial charge >= 0.3 is 0 Å². The molecule has 3 aliphatic heterocycles. The van der Waals surface area contributed by atoms with E-state index in [0.717, 1.165) is 18.4 Å². The van der Waals surface area contributed by atoms with Crippen molar-refractivity contribution in [2.75, 3.05) is 19.7 Å². The molecule has 3 heterocycles. The van der Waals surface area contributed by atoms with Crippen LogP contribution >= 0.6 is 15.9 Å². The van der Waals surface area contributed by atoms with Crippen molar-refractivity contribution in [2.24, 2.45) is 11.8 Å². The molecule has 1 aromatic carbocycles. The molecule has 4 unspecified atom stereocenters. The number of aliphatic hydroxyl groups excluding tert-OH is 1. The average Bonchev–Trinajstić information content (AvgIpc) is 3.54. The summed E-state index contributed by atoms with van der Waals surface area (Å²) in [5.41, 5.74) is -0.201. The highest BCUT2D eigenvalue weighted by Crippen LogP contribution is 2.60. The number of rotatable bonds is 13. The van der Waals surface area contributed by atoms with Gasteiger partial charge in [0, 0.05) is 30.5 Å². The Kier molecular flexibility index (Phi) is 9.58. The Bertz CT molecular complexity index is 1120. The molecule has 1 spiro atoms. The fraction of sp³-hybridized carbons (Fsp3) is 0.581. The highest BCUT2D eigenvalue weighted by molar-refractivity contribution is 9.09. The first-order valence-electron chi connectivity index (χ1n) is 14.3. The summed E-state index contributed by atoms with van der Waals surface area (Å²) >= 11 is 3.75. The molecule has 9 heteroatoms. The maximum Gasteiger partial charge on any atom is 0.248 e. The van der Waals surface area contributed by atoms with Crippen LogP contribution < -0.4 is 0 Å². The Balaban J connectivity index is 1.76. The van der Waals surface area contributed by atoms with Gasteiger partial charge in [0.15, 0.2) is 0 Å². The third-order valence-electron chi connectivity index (χ3n) is 8.71. The van der Waals surface area contributed by atoms with E-state index >= 15 is 0 Å². The number of aliphatic hydroxyl groups is 1. The smallest absolute Gasteiger partial charge is 0.248 e. The Hall–Kier alpha value is -2.49. The van der Waals surface area contributed by atoms with E-state index in [4.69, 9.17) is 4.74 Å². The van der Waals surface area contributed by atoms with Crippen molar-refractivity contribution in [3.8, 4) is 0 Å². The van der Waals surface area contributed by atoms with Crippen molar-refractivity contribution in [1.29, 1.82) is 0 Å². The van der Waals surface area contributed by atoms with E-state index in [1.54, 1.807) is 28.9 Å². The van der Waals surface area contributed by atoms with Crippen molar-refractivity contribution in [3.63, 3.8) is 0 Å². The number of carbonyl (C=O) groups is 3. The van der Waals surface area contributed by atoms with Crippen molar-refractivity contribution in [3.05, 3.63) is 61.2 Å². The summed E-state index contributed by atoms with van der Waals surface area (Å²) in [6.45, 7) is 14.2. The van der Waals surface area contributed by atoms with Gasteiger partial charge in [0.2, 0.25) is 17.7 Å². The van der Waals surface area contributed by atoms with Crippen LogP contribution in [0.2, 0.25) is 0 Å². The number of amides is 3. The minimum Gasteiger partial charge on any atom is -0.394 e. The number of carbonyl (C=O) groups excluding carboxylic acids is 3. The van der Waals surface area contributed by atoms with Crippen LogP contribution in [0.1, 0.15) is 45.6 Å². The van der Waals surface area contributed by atoms with Crippen LogP contribution in [0.15, 0.2) is 55.6 Å². The monoisotopic (exact) mass is 615 g/mol. The molecule has 0 saturated carbocycles. The van der Waals surface area contributed by atoms with Crippen LogP contribution in [0.5, 0.6) is 0 Å². The summed E-state index contributed by atoms with van der Waals surface area (Å²) in [7, 11) is 0. The maximum atomic E-state index is 14.4. The zero-order valence-electron chi connectivity index (χ0n) is 23.7. The molecular weight excluding hydrogens is 574 g/mol. The highest BCUT2D eigenvalue weighted by atomic mass is 79.9. The van der Waals surface area contributed by atoms with E-state index in [0.29, 0.717) is 26.1 Å². The molecule has 3 amide bonds. The highest BCUT2D eigenvalue weighted by Gasteiger charge is 2.77. The van der Waals surface area contributed by atoms with Crippen LogP contribution in [0.3, 0.4) is 0 Å². The lowest BCUT2D eigenvalue weighted by atomic mass is 9.70. The summed E-state index contributed by atoms with van der Waals surface area (Å²) in [5.74, 6) is -2.30. The summed E-state index contributed by atoms with van der Waals surface area (Å²) in [6.07, 6.45) is 4.95. The van der Waals surface area contributed by atoms with E-state index in [9.17, 15) is 19.5 Å². The fourth-order valence-electron chi connectivity index (χ4n) is 6.95. The normalized spacial score (nSPS) is 30.1. The minimum atomic E-state index is -1.17. The van der Waals surface area contributed by atoms with Gasteiger partial charge in [-0.15, -0.1) is 13.2 Å². The van der Waals surface area contributed by atoms with E-state index in [2.05, 4.69) is 36.0 Å². The standard InChI is InChI=1S/C31H42BrN3O5/c1-6-12-20(4)34(16-8-3)30(39)27-31-17-23(32)26(40-31)24(25(31)29(38)35(27)21(5)19-36)28(37)33(15-7-2)18-22-13-10-9-11-14-22/h7-11,13-14,20-21,23-27,36H,2-3,6,12,15-19H2,1,4-5H3/t20?,21-,23?,24-,25+,26-,27?,31?/m1/s1. The predicted molar refractivity (Wildman–Crippen MR) is 157 cm³/mol. The molecule has 8 nitrogen and oxygen atoms in total. The third kappa shape index (κ3) is 5.16. The van der Waals surface area contributed by atoms with Crippen LogP contribution in [0.4, 0.5) is 0 Å². The van der Waals surface area contributed by atoms with Crippen LogP contribution in [0.25, 0.3) is 0 Å². The van der Waals surface area contributed by atoms with Crippen molar-refractivity contribution < 1.29 is 24.2 Å². The number of alkyl halides is 1. The van der Waals surface area contributed by atoms with Gasteiger partial charge in [-0.1, -0.05) is 71.8 Å². The molecule has 218 valence electrons. The van der Waals surface area contributed by atoms with Gasteiger partial charge in [0.05, 0.1) is 30.6 Å². The number of benzene rings is 1. The van der Waals surface area contributed by atoms with Crippen LogP contribution in [0, 0.1) is 11.8 Å². The summed E-state index contributed by atoms with van der Waals surface area (Å²) in [6, 6.07) is 8.06. The summed E-state index contributed by atoms with van der Waals surface area (Å²) < 4.78 is 6.67. The SMILES string of the molecule is C=CCN(Cc1ccccc1)C(=O)[C@H]1[C@@H]2OC3(CC2Br)C(C(=O)N(CC=C)C(C)CCC)N([C@H](C)CO)C(=O)[C@H]13. The second kappa shape index (κ2) is 12.6. The predicted octanol–water partition coefficient (Wildman–Crippen LogP) is 3.53. The molecule has 40 heavy (non-hydrogen) atoms. The van der Waals surface area contributed by atoms with E-state index in [-0.39, 0.29) is 35.2 Å². The molecule has 2 bridgehead atoms. The first kappa shape index (κ1) is 30.5. The number of fused-ring (bicyclic) bond motifs is 1. The molecule has 0 aliphatic carbocycles. The lowest BCUT2D eigenvalue weighted by molar-refractivity contribution is -0.152. The second-order valence-electron chi connectivity index (χ2n) is 11.4. The molecule has 0 radical (unpaired) electrons. The Morgan fingerprint density at radius 3 is 2.48 bits per heavy atom. The van der Waals surface area contributed by atoms with Gasteiger partial charge in [0.1, 0.15) is 11.6 Å². The maximum absolute atomic E-state index is 14.4. The molecule has 3 fully saturated rings. The molecular formula is C31H42BrN3O5. The fourth-order valence-corrected chi connectivity index (χ4v) is 7.89. The van der Waals surface area contributed by atoms with Crippen molar-refractivity contribution >= 4 is 33.7 Å². The number of ether oxygens (including phenoxy) is 1. The number of hydrogen-bond acceptors (Lipinski definition) is 5. The average molecular weight is 617 g/mol. The van der Waals surface area contributed by atoms with Crippen molar-refractivity contribution in [2.45, 2.75) is 81.2 Å². The Labute approximate surface area is 246 Å². The molecule has 8 atom stereocenters. The van der Waals surface area contributed by atoms with E-state index in [1.165, 1.54) is 4.90 Å². The van der Waals surface area contributed by atoms with Crippen molar-refractivity contribution in [1.82, 2.24) is 14.7 Å². The zero-order valence-corrected chi connectivity index (χ0v) is 25.3. The number of likely N-dealkylation sites (tertiary alicyclic amines) is 1. The zero-order chi connectivity index (χ0) is 29.2. The molecule has 0 aromatic heterocycles. The third-order valence-corrected chi connectivity index (χ3v) is 9.55. The molecule has 3 saturated heterocycles. The number of halogens is 1. The van der Waals surface area contributed by atoms with Gasteiger partial charge in [-0.05, 0) is 32.3 Å². The number of nitrogens with zero attached hydrogens (tertiary/aromatic N) is 3. The largest absolute Gasteiger partial charge is 0.394 e. The quantitative estimate of drug-likeness (QED) is 0.271. The topological polar surface area (TPSA) is 90.4 Å². The van der Waals surface area contributed by atoms with Gasteiger partial charge in [-0.3, -0.25) is 14.4 Å². The summed E-state index contributed by atoms with van der Waals surface area (Å²) in [4.78, 5) is 47.7. The number of hydrogen-bond donors (Lipinski definition) is 1. The van der Waals surface area contributed by atoms with Gasteiger partial charge in [0.25, 0.3) is 0 Å². The summed E-state index contributed by atoms with van der Waals surface area (Å²) in [5, 5.41) is 10.2. The lowest BCUT2D eigenvalue weighted by Gasteiger charge is -2.40. The van der Waals surface area contributed by atoms with Crippen LogP contribution in [-0.4, -0.2) is 91.9 Å². The first-order chi connectivity index (χ1) is 19.2. The van der Waals surface area contributed by atoms with Crippen LogP contribution in [-0.2, 0) is 25.7 Å². The Morgan fingerprint density at radius 2 is 1.88 bits per heavy atom. The second-order valence-corrected chi connectivity index (χ2v) is 12.5. The Morgan fingerprint density at radius 1 is 1.20 bits per heavy atom. The minimum absolute atomic E-state index is 0.0721. The molecule has 3 aliphatic rings. The molecule has 4 rings (SSSR count). The van der Waals surface area contributed by atoms with Gasteiger partial charge in [-0.2, -0.15) is 0 Å². The van der Waals surface area contributed by atoms with E-state index < -0.39 is 35.6 Å². The molecule has 1 N–H and O–H groups in total. The lowest BCUT2D eigenvalue weighted by Crippen LogP contribution is -2.59. The van der Waals surface area contributed by atoms with E-state index in [1.807, 2.05) is 37.3 Å². The first-order valence-corrected chi connectivity index (χ1v) is 15.2. The molecule has 1 aromatic rings. The van der Waals surface area contributed by atoms with Gasteiger partial charge < -0.3 is 24.5 Å². The van der Waals surface area contributed by atoms with Gasteiger partial charge in [-0.25, -0.2) is 0 Å².